The fourth-order valence-corrected chi connectivity index (χ4v) is 2.27. The monoisotopic (exact) mass is 241 g/mol. The highest BCUT2D eigenvalue weighted by atomic mass is 16.1. The lowest BCUT2D eigenvalue weighted by atomic mass is 9.98. The van der Waals surface area contributed by atoms with Crippen molar-refractivity contribution in [1.82, 2.24) is 0 Å². The number of anilines is 1. The molecule has 0 unspecified atom stereocenters. The molecule has 0 spiro atoms. The first-order valence-electron chi connectivity index (χ1n) is 6.50. The predicted molar refractivity (Wildman–Crippen MR) is 76.9 cm³/mol. The number of amides is 1. The second-order valence-corrected chi connectivity index (χ2v) is 4.60. The van der Waals surface area contributed by atoms with Gasteiger partial charge in [0.15, 0.2) is 0 Å². The lowest BCUT2D eigenvalue weighted by Crippen LogP contribution is -2.08. The summed E-state index contributed by atoms with van der Waals surface area (Å²) in [6, 6.07) is 12.4. The van der Waals surface area contributed by atoms with E-state index in [0.717, 1.165) is 24.9 Å². The van der Waals surface area contributed by atoms with Crippen LogP contribution in [0.3, 0.4) is 0 Å². The van der Waals surface area contributed by atoms with E-state index in [4.69, 9.17) is 0 Å². The minimum absolute atomic E-state index is 0.0111. The van der Waals surface area contributed by atoms with Crippen LogP contribution < -0.4 is 5.32 Å². The van der Waals surface area contributed by atoms with Crippen molar-refractivity contribution in [3.8, 4) is 0 Å². The third kappa shape index (κ3) is 2.70. The predicted octanol–water partition coefficient (Wildman–Crippen LogP) is 4.14. The van der Waals surface area contributed by atoms with E-state index in [-0.39, 0.29) is 5.91 Å². The zero-order chi connectivity index (χ0) is 13.0. The molecular formula is C16H19NO. The van der Waals surface area contributed by atoms with Crippen LogP contribution in [0, 0.1) is 0 Å². The number of fused-ring (bicyclic) bond motifs is 1. The molecule has 0 aliphatic heterocycles. The first-order chi connectivity index (χ1) is 8.72. The van der Waals surface area contributed by atoms with Gasteiger partial charge in [-0.15, -0.1) is 0 Å². The van der Waals surface area contributed by atoms with Crippen LogP contribution in [0.2, 0.25) is 0 Å². The van der Waals surface area contributed by atoms with Gasteiger partial charge in [-0.2, -0.15) is 0 Å². The molecule has 94 valence electrons. The first-order valence-corrected chi connectivity index (χ1v) is 6.50. The zero-order valence-corrected chi connectivity index (χ0v) is 11.0. The fourth-order valence-electron chi connectivity index (χ4n) is 2.27. The van der Waals surface area contributed by atoms with Gasteiger partial charge in [-0.05, 0) is 35.2 Å². The van der Waals surface area contributed by atoms with Crippen LogP contribution in [-0.2, 0) is 11.2 Å². The lowest BCUT2D eigenvalue weighted by molar-refractivity contribution is -0.114. The summed E-state index contributed by atoms with van der Waals surface area (Å²) in [5, 5.41) is 5.42. The smallest absolute Gasteiger partial charge is 0.221 e. The van der Waals surface area contributed by atoms with Crippen molar-refractivity contribution >= 4 is 22.4 Å². The summed E-state index contributed by atoms with van der Waals surface area (Å²) in [5.41, 5.74) is 2.21. The Kier molecular flexibility index (Phi) is 3.98. The number of aryl methyl sites for hydroxylation is 1. The molecule has 0 heterocycles. The van der Waals surface area contributed by atoms with Crippen molar-refractivity contribution in [2.24, 2.45) is 0 Å². The number of carbonyl (C=O) groups excluding carboxylic acids is 1. The minimum atomic E-state index is -0.0111. The van der Waals surface area contributed by atoms with E-state index in [2.05, 4.69) is 36.5 Å². The molecule has 0 radical (unpaired) electrons. The summed E-state index contributed by atoms with van der Waals surface area (Å²) < 4.78 is 0. The van der Waals surface area contributed by atoms with Crippen molar-refractivity contribution in [2.75, 3.05) is 5.32 Å². The third-order valence-electron chi connectivity index (χ3n) is 3.13. The van der Waals surface area contributed by atoms with E-state index in [1.54, 1.807) is 6.92 Å². The van der Waals surface area contributed by atoms with Crippen LogP contribution in [0.25, 0.3) is 10.8 Å². The normalized spacial score (nSPS) is 10.6. The molecule has 1 N–H and O–H groups in total. The number of carbonyl (C=O) groups is 1. The van der Waals surface area contributed by atoms with Crippen LogP contribution in [-0.4, -0.2) is 5.91 Å². The van der Waals surface area contributed by atoms with Crippen molar-refractivity contribution in [1.29, 1.82) is 0 Å². The van der Waals surface area contributed by atoms with E-state index in [9.17, 15) is 4.79 Å². The Labute approximate surface area is 108 Å². The summed E-state index contributed by atoms with van der Waals surface area (Å²) in [6.07, 6.45) is 3.30. The summed E-state index contributed by atoms with van der Waals surface area (Å²) in [6.45, 7) is 3.74. The van der Waals surface area contributed by atoms with E-state index in [0.29, 0.717) is 0 Å². The molecular weight excluding hydrogens is 222 g/mol. The topological polar surface area (TPSA) is 29.1 Å². The van der Waals surface area contributed by atoms with Crippen LogP contribution >= 0.6 is 0 Å². The number of nitrogens with one attached hydrogen (secondary N) is 1. The Morgan fingerprint density at radius 3 is 2.67 bits per heavy atom. The molecule has 2 rings (SSSR count). The fraction of sp³-hybridized carbons (Fsp3) is 0.312. The van der Waals surface area contributed by atoms with Gasteiger partial charge in [0, 0.05) is 12.6 Å². The molecule has 0 atom stereocenters. The van der Waals surface area contributed by atoms with Gasteiger partial charge in [-0.1, -0.05) is 43.7 Å². The largest absolute Gasteiger partial charge is 0.326 e. The highest BCUT2D eigenvalue weighted by molar-refractivity contribution is 5.96. The van der Waals surface area contributed by atoms with E-state index >= 15 is 0 Å². The number of rotatable bonds is 4. The lowest BCUT2D eigenvalue weighted by Gasteiger charge is -2.13. The molecule has 18 heavy (non-hydrogen) atoms. The highest BCUT2D eigenvalue weighted by Gasteiger charge is 2.08. The van der Waals surface area contributed by atoms with E-state index < -0.39 is 0 Å². The van der Waals surface area contributed by atoms with E-state index in [1.165, 1.54) is 16.3 Å². The summed E-state index contributed by atoms with van der Waals surface area (Å²) in [7, 11) is 0. The van der Waals surface area contributed by atoms with Crippen molar-refractivity contribution in [2.45, 2.75) is 33.1 Å². The maximum absolute atomic E-state index is 11.3. The molecule has 0 saturated carbocycles. The summed E-state index contributed by atoms with van der Waals surface area (Å²) in [5.74, 6) is -0.0111. The Morgan fingerprint density at radius 1 is 1.17 bits per heavy atom. The first kappa shape index (κ1) is 12.6. The molecule has 0 saturated heterocycles. The molecule has 0 fully saturated rings. The molecule has 1 amide bonds. The van der Waals surface area contributed by atoms with Crippen LogP contribution in [0.15, 0.2) is 36.4 Å². The molecule has 2 nitrogen and oxygen atoms in total. The van der Waals surface area contributed by atoms with Gasteiger partial charge in [0.2, 0.25) is 5.91 Å². The number of unbranched alkanes of at least 4 members (excludes halogenated alkanes) is 1. The number of hydrogen-bond acceptors (Lipinski definition) is 1. The summed E-state index contributed by atoms with van der Waals surface area (Å²) >= 11 is 0. The third-order valence-corrected chi connectivity index (χ3v) is 3.13. The van der Waals surface area contributed by atoms with Crippen LogP contribution in [0.1, 0.15) is 32.3 Å². The standard InChI is InChI=1S/C16H19NO/c1-3-4-8-15-14-9-6-5-7-13(14)10-11-16(15)17-12(2)18/h5-7,9-11H,3-4,8H2,1-2H3,(H,17,18). The Hall–Kier alpha value is -1.83. The average Bonchev–Trinajstić information content (AvgIpc) is 2.37. The van der Waals surface area contributed by atoms with Crippen molar-refractivity contribution in [3.05, 3.63) is 42.0 Å². The molecule has 0 aliphatic rings. The van der Waals surface area contributed by atoms with Gasteiger partial charge in [0.05, 0.1) is 0 Å². The van der Waals surface area contributed by atoms with Crippen molar-refractivity contribution < 1.29 is 4.79 Å². The van der Waals surface area contributed by atoms with Crippen molar-refractivity contribution in [3.63, 3.8) is 0 Å². The molecule has 0 aliphatic carbocycles. The molecule has 0 aromatic heterocycles. The van der Waals surface area contributed by atoms with Gasteiger partial charge < -0.3 is 5.32 Å². The van der Waals surface area contributed by atoms with Gasteiger partial charge in [-0.25, -0.2) is 0 Å². The second-order valence-electron chi connectivity index (χ2n) is 4.60. The molecule has 0 bridgehead atoms. The number of hydrogen-bond donors (Lipinski definition) is 1. The van der Waals surface area contributed by atoms with Gasteiger partial charge in [0.1, 0.15) is 0 Å². The maximum Gasteiger partial charge on any atom is 0.221 e. The van der Waals surface area contributed by atoms with Crippen LogP contribution in [0.4, 0.5) is 5.69 Å². The van der Waals surface area contributed by atoms with Gasteiger partial charge in [0.25, 0.3) is 0 Å². The van der Waals surface area contributed by atoms with E-state index in [1.807, 2.05) is 12.1 Å². The van der Waals surface area contributed by atoms with Gasteiger partial charge >= 0.3 is 0 Å². The Balaban J connectivity index is 2.51. The maximum atomic E-state index is 11.3. The molecule has 2 heteroatoms. The van der Waals surface area contributed by atoms with Crippen LogP contribution in [0.5, 0.6) is 0 Å². The zero-order valence-electron chi connectivity index (χ0n) is 11.0. The van der Waals surface area contributed by atoms with Gasteiger partial charge in [-0.3, -0.25) is 4.79 Å². The quantitative estimate of drug-likeness (QED) is 0.856. The summed E-state index contributed by atoms with van der Waals surface area (Å²) in [4.78, 5) is 11.3. The SMILES string of the molecule is CCCCc1c(NC(C)=O)ccc2ccccc12. The second kappa shape index (κ2) is 5.67. The molecule has 2 aromatic rings. The Morgan fingerprint density at radius 2 is 1.94 bits per heavy atom. The minimum Gasteiger partial charge on any atom is -0.326 e. The highest BCUT2D eigenvalue weighted by Crippen LogP contribution is 2.27. The molecule has 2 aromatic carbocycles. The average molecular weight is 241 g/mol. The Bertz CT molecular complexity index is 560. The number of benzene rings is 2.